The molecule has 0 amide bonds. The third kappa shape index (κ3) is 5.51. The summed E-state index contributed by atoms with van der Waals surface area (Å²) in [6, 6.07) is 16.9. The Morgan fingerprint density at radius 3 is 2.14 bits per heavy atom. The van der Waals surface area contributed by atoms with E-state index < -0.39 is 20.0 Å². The quantitative estimate of drug-likeness (QED) is 0.451. The average Bonchev–Trinajstić information content (AvgIpc) is 2.84. The lowest BCUT2D eigenvalue weighted by Gasteiger charge is -2.35. The first kappa shape index (κ1) is 26.4. The van der Waals surface area contributed by atoms with Crippen molar-refractivity contribution in [1.82, 2.24) is 4.31 Å². The molecule has 0 atom stereocenters. The summed E-state index contributed by atoms with van der Waals surface area (Å²) in [5, 5.41) is 0.365. The van der Waals surface area contributed by atoms with Crippen molar-refractivity contribution < 1.29 is 21.2 Å². The molecule has 1 fully saturated rings. The number of benzene rings is 3. The van der Waals surface area contributed by atoms with Crippen molar-refractivity contribution in [2.75, 3.05) is 36.8 Å². The fraction of sp³-hybridized carbons (Fsp3) is 0.280. The Balaban J connectivity index is 1.51. The highest BCUT2D eigenvalue weighted by molar-refractivity contribution is 7.92. The Labute approximate surface area is 216 Å². The van der Waals surface area contributed by atoms with Crippen LogP contribution in [0, 0.1) is 5.82 Å². The van der Waals surface area contributed by atoms with E-state index in [2.05, 4.69) is 9.62 Å². The largest absolute Gasteiger partial charge is 0.370 e. The number of hydrogen-bond donors (Lipinski definition) is 1. The lowest BCUT2D eigenvalue weighted by Crippen LogP contribution is -2.33. The number of nitrogens with zero attached hydrogens (tertiary/aromatic N) is 2. The smallest absolute Gasteiger partial charge is 0.261 e. The second kappa shape index (κ2) is 10.4. The predicted molar refractivity (Wildman–Crippen MR) is 140 cm³/mol. The van der Waals surface area contributed by atoms with Crippen LogP contribution in [0.5, 0.6) is 0 Å². The highest BCUT2D eigenvalue weighted by Crippen LogP contribution is 2.36. The molecule has 11 heteroatoms. The van der Waals surface area contributed by atoms with Crippen LogP contribution in [-0.4, -0.2) is 48.3 Å². The Bertz CT molecular complexity index is 1450. The molecule has 4 rings (SSSR count). The van der Waals surface area contributed by atoms with Crippen molar-refractivity contribution in [2.24, 2.45) is 0 Å². The van der Waals surface area contributed by atoms with Gasteiger partial charge in [0.1, 0.15) is 5.82 Å². The minimum absolute atomic E-state index is 0.00634. The summed E-state index contributed by atoms with van der Waals surface area (Å²) >= 11 is 5.88. The molecule has 0 spiro atoms. The number of para-hydroxylation sites is 2. The zero-order chi connectivity index (χ0) is 26.1. The summed E-state index contributed by atoms with van der Waals surface area (Å²) < 4.78 is 68.8. The van der Waals surface area contributed by atoms with E-state index in [9.17, 15) is 21.2 Å². The standard InChI is InChI=1S/C25H27ClFN3O4S2/c1-29(2)36(33,34)21-10-8-20(9-11-21)35(31,32)28-24-5-3-4-6-25(24)30-15-13-18(14-16-30)22-12-7-19(26)17-23(22)27/h3-12,17-18,28H,13-16H2,1-2H3. The van der Waals surface area contributed by atoms with Gasteiger partial charge < -0.3 is 4.90 Å². The third-order valence-electron chi connectivity index (χ3n) is 6.30. The molecule has 0 saturated carbocycles. The van der Waals surface area contributed by atoms with E-state index in [1.165, 1.54) is 44.4 Å². The van der Waals surface area contributed by atoms with Gasteiger partial charge >= 0.3 is 0 Å². The number of sulfonamides is 2. The molecular weight excluding hydrogens is 525 g/mol. The Kier molecular flexibility index (Phi) is 7.61. The number of rotatable bonds is 7. The molecule has 36 heavy (non-hydrogen) atoms. The van der Waals surface area contributed by atoms with E-state index in [4.69, 9.17) is 11.6 Å². The molecule has 1 aliphatic rings. The van der Waals surface area contributed by atoms with Crippen molar-refractivity contribution in [1.29, 1.82) is 0 Å². The van der Waals surface area contributed by atoms with Crippen LogP contribution in [0.15, 0.2) is 76.5 Å². The van der Waals surface area contributed by atoms with E-state index in [0.29, 0.717) is 42.2 Å². The van der Waals surface area contributed by atoms with Gasteiger partial charge in [-0.15, -0.1) is 0 Å². The van der Waals surface area contributed by atoms with Crippen molar-refractivity contribution in [2.45, 2.75) is 28.6 Å². The zero-order valence-electron chi connectivity index (χ0n) is 19.9. The van der Waals surface area contributed by atoms with Gasteiger partial charge in [-0.05, 0) is 72.9 Å². The lowest BCUT2D eigenvalue weighted by molar-refractivity contribution is 0.482. The SMILES string of the molecule is CN(C)S(=O)(=O)c1ccc(S(=O)(=O)Nc2ccccc2N2CCC(c3ccc(Cl)cc3F)CC2)cc1. The van der Waals surface area contributed by atoms with Crippen molar-refractivity contribution in [3.63, 3.8) is 0 Å². The van der Waals surface area contributed by atoms with Crippen LogP contribution < -0.4 is 9.62 Å². The average molecular weight is 552 g/mol. The van der Waals surface area contributed by atoms with Crippen LogP contribution in [0.3, 0.4) is 0 Å². The van der Waals surface area contributed by atoms with Gasteiger partial charge in [-0.1, -0.05) is 29.8 Å². The van der Waals surface area contributed by atoms with Crippen LogP contribution in [0.1, 0.15) is 24.3 Å². The van der Waals surface area contributed by atoms with Gasteiger partial charge in [0.05, 0.1) is 21.2 Å². The Hall–Kier alpha value is -2.66. The highest BCUT2D eigenvalue weighted by Gasteiger charge is 2.26. The molecular formula is C25H27ClFN3O4S2. The first-order valence-electron chi connectivity index (χ1n) is 11.3. The van der Waals surface area contributed by atoms with Crippen LogP contribution in [0.2, 0.25) is 5.02 Å². The summed E-state index contributed by atoms with van der Waals surface area (Å²) in [5.74, 6) is -0.252. The maximum absolute atomic E-state index is 14.4. The van der Waals surface area contributed by atoms with Gasteiger partial charge in [0.25, 0.3) is 10.0 Å². The summed E-state index contributed by atoms with van der Waals surface area (Å²) in [7, 11) is -4.82. The lowest BCUT2D eigenvalue weighted by atomic mass is 9.89. The molecule has 0 aromatic heterocycles. The van der Waals surface area contributed by atoms with E-state index in [-0.39, 0.29) is 21.5 Å². The van der Waals surface area contributed by atoms with Crippen LogP contribution >= 0.6 is 11.6 Å². The molecule has 1 saturated heterocycles. The summed E-state index contributed by atoms with van der Waals surface area (Å²) in [6.45, 7) is 1.26. The monoisotopic (exact) mass is 551 g/mol. The van der Waals surface area contributed by atoms with Crippen molar-refractivity contribution >= 4 is 43.0 Å². The van der Waals surface area contributed by atoms with Crippen LogP contribution in [0.4, 0.5) is 15.8 Å². The topological polar surface area (TPSA) is 86.8 Å². The predicted octanol–water partition coefficient (Wildman–Crippen LogP) is 4.91. The van der Waals surface area contributed by atoms with Gasteiger partial charge in [0.2, 0.25) is 10.0 Å². The minimum Gasteiger partial charge on any atom is -0.370 e. The minimum atomic E-state index is -3.97. The normalized spacial score (nSPS) is 15.3. The maximum atomic E-state index is 14.4. The first-order valence-corrected chi connectivity index (χ1v) is 14.6. The second-order valence-corrected chi connectivity index (χ2v) is 13.1. The molecule has 1 N–H and O–H groups in total. The molecule has 192 valence electrons. The third-order valence-corrected chi connectivity index (χ3v) is 9.74. The second-order valence-electron chi connectivity index (χ2n) is 8.81. The van der Waals surface area contributed by atoms with E-state index in [0.717, 1.165) is 9.99 Å². The van der Waals surface area contributed by atoms with E-state index >= 15 is 0 Å². The molecule has 0 aliphatic carbocycles. The fourth-order valence-corrected chi connectivity index (χ4v) is 6.44. The molecule has 0 bridgehead atoms. The maximum Gasteiger partial charge on any atom is 0.261 e. The number of nitrogens with one attached hydrogen (secondary N) is 1. The Morgan fingerprint density at radius 2 is 1.53 bits per heavy atom. The molecule has 3 aromatic carbocycles. The number of hydrogen-bond acceptors (Lipinski definition) is 5. The molecule has 1 aliphatic heterocycles. The van der Waals surface area contributed by atoms with Gasteiger partial charge in [-0.25, -0.2) is 25.5 Å². The van der Waals surface area contributed by atoms with Gasteiger partial charge in [0.15, 0.2) is 0 Å². The molecule has 3 aromatic rings. The number of piperidine rings is 1. The number of halogens is 2. The fourth-order valence-electron chi connectivity index (χ4n) is 4.30. The molecule has 0 radical (unpaired) electrons. The van der Waals surface area contributed by atoms with Crippen LogP contribution in [-0.2, 0) is 20.0 Å². The van der Waals surface area contributed by atoms with E-state index in [1.54, 1.807) is 24.3 Å². The van der Waals surface area contributed by atoms with E-state index in [1.807, 2.05) is 12.1 Å². The first-order chi connectivity index (χ1) is 17.0. The van der Waals surface area contributed by atoms with Gasteiger partial charge in [-0.3, -0.25) is 4.72 Å². The molecule has 0 unspecified atom stereocenters. The molecule has 1 heterocycles. The molecule has 7 nitrogen and oxygen atoms in total. The summed E-state index contributed by atoms with van der Waals surface area (Å²) in [5.41, 5.74) is 1.79. The number of anilines is 2. The van der Waals surface area contributed by atoms with Gasteiger partial charge in [0, 0.05) is 32.2 Å². The van der Waals surface area contributed by atoms with Gasteiger partial charge in [-0.2, -0.15) is 0 Å². The van der Waals surface area contributed by atoms with Crippen molar-refractivity contribution in [3.05, 3.63) is 83.1 Å². The summed E-state index contributed by atoms with van der Waals surface area (Å²) in [4.78, 5) is 2.04. The highest BCUT2D eigenvalue weighted by atomic mass is 35.5. The Morgan fingerprint density at radius 1 is 0.917 bits per heavy atom. The zero-order valence-corrected chi connectivity index (χ0v) is 22.2. The van der Waals surface area contributed by atoms with Crippen molar-refractivity contribution in [3.8, 4) is 0 Å². The summed E-state index contributed by atoms with van der Waals surface area (Å²) in [6.07, 6.45) is 1.42. The van der Waals surface area contributed by atoms with Crippen LogP contribution in [0.25, 0.3) is 0 Å².